The van der Waals surface area contributed by atoms with Gasteiger partial charge in [0.05, 0.1) is 17.4 Å². The summed E-state index contributed by atoms with van der Waals surface area (Å²) in [4.78, 5) is 20.8. The van der Waals surface area contributed by atoms with Crippen LogP contribution in [0.5, 0.6) is 0 Å². The Kier molecular flexibility index (Phi) is 3.21. The van der Waals surface area contributed by atoms with E-state index in [9.17, 15) is 4.79 Å². The van der Waals surface area contributed by atoms with E-state index in [1.165, 1.54) is 12.4 Å². The molecule has 6 nitrogen and oxygen atoms in total. The molecule has 0 aromatic carbocycles. The predicted molar refractivity (Wildman–Crippen MR) is 58.7 cm³/mol. The SMILES string of the molecule is O=C(O)[C@@H]1CNCCN1c1ncc(Cl)cn1. The van der Waals surface area contributed by atoms with Crippen molar-refractivity contribution >= 4 is 23.5 Å². The molecule has 0 radical (unpaired) electrons. The minimum atomic E-state index is -0.884. The maximum Gasteiger partial charge on any atom is 0.327 e. The van der Waals surface area contributed by atoms with Crippen LogP contribution in [0.4, 0.5) is 5.95 Å². The Morgan fingerprint density at radius 1 is 1.56 bits per heavy atom. The highest BCUT2D eigenvalue weighted by Crippen LogP contribution is 2.14. The van der Waals surface area contributed by atoms with Gasteiger partial charge in [0.15, 0.2) is 0 Å². The Morgan fingerprint density at radius 2 is 2.25 bits per heavy atom. The Labute approximate surface area is 97.3 Å². The van der Waals surface area contributed by atoms with Crippen LogP contribution in [-0.2, 0) is 4.79 Å². The van der Waals surface area contributed by atoms with Crippen molar-refractivity contribution in [2.75, 3.05) is 24.5 Å². The van der Waals surface area contributed by atoms with Gasteiger partial charge in [-0.2, -0.15) is 0 Å². The minimum Gasteiger partial charge on any atom is -0.480 e. The third-order valence-corrected chi connectivity index (χ3v) is 2.59. The molecule has 1 saturated heterocycles. The lowest BCUT2D eigenvalue weighted by Crippen LogP contribution is -2.55. The van der Waals surface area contributed by atoms with E-state index in [1.54, 1.807) is 4.90 Å². The quantitative estimate of drug-likeness (QED) is 0.760. The number of anilines is 1. The molecular formula is C9H11ClN4O2. The van der Waals surface area contributed by atoms with Gasteiger partial charge in [0.2, 0.25) is 5.95 Å². The minimum absolute atomic E-state index is 0.390. The van der Waals surface area contributed by atoms with Crippen molar-refractivity contribution in [3.8, 4) is 0 Å². The first-order chi connectivity index (χ1) is 7.68. The number of aromatic nitrogens is 2. The summed E-state index contributed by atoms with van der Waals surface area (Å²) in [6.07, 6.45) is 2.93. The van der Waals surface area contributed by atoms with Crippen molar-refractivity contribution in [3.05, 3.63) is 17.4 Å². The van der Waals surface area contributed by atoms with Gasteiger partial charge in [-0.1, -0.05) is 11.6 Å². The van der Waals surface area contributed by atoms with E-state index in [-0.39, 0.29) is 0 Å². The van der Waals surface area contributed by atoms with Gasteiger partial charge in [0.1, 0.15) is 6.04 Å². The summed E-state index contributed by atoms with van der Waals surface area (Å²) in [5.74, 6) is -0.482. The predicted octanol–water partition coefficient (Wildman–Crippen LogP) is -0.00720. The van der Waals surface area contributed by atoms with Gasteiger partial charge in [-0.25, -0.2) is 14.8 Å². The van der Waals surface area contributed by atoms with E-state index in [0.29, 0.717) is 24.1 Å². The Balaban J connectivity index is 2.23. The van der Waals surface area contributed by atoms with Crippen molar-refractivity contribution in [1.82, 2.24) is 15.3 Å². The summed E-state index contributed by atoms with van der Waals surface area (Å²) in [5.41, 5.74) is 0. The summed E-state index contributed by atoms with van der Waals surface area (Å²) in [5, 5.41) is 12.5. The second-order valence-electron chi connectivity index (χ2n) is 3.45. The topological polar surface area (TPSA) is 78.4 Å². The fourth-order valence-corrected chi connectivity index (χ4v) is 1.72. The van der Waals surface area contributed by atoms with Crippen LogP contribution in [0.25, 0.3) is 0 Å². The second-order valence-corrected chi connectivity index (χ2v) is 3.89. The van der Waals surface area contributed by atoms with Gasteiger partial charge in [-0.15, -0.1) is 0 Å². The number of hydrogen-bond acceptors (Lipinski definition) is 5. The van der Waals surface area contributed by atoms with Gasteiger partial charge in [0, 0.05) is 19.6 Å². The normalized spacial score (nSPS) is 20.8. The van der Waals surface area contributed by atoms with E-state index >= 15 is 0 Å². The summed E-state index contributed by atoms with van der Waals surface area (Å²) in [7, 11) is 0. The second kappa shape index (κ2) is 4.63. The smallest absolute Gasteiger partial charge is 0.327 e. The maximum atomic E-state index is 11.0. The summed E-state index contributed by atoms with van der Waals surface area (Å²) in [6, 6.07) is -0.630. The molecule has 2 N–H and O–H groups in total. The number of nitrogens with one attached hydrogen (secondary N) is 1. The van der Waals surface area contributed by atoms with Gasteiger partial charge in [-0.05, 0) is 0 Å². The fraction of sp³-hybridized carbons (Fsp3) is 0.444. The van der Waals surface area contributed by atoms with Crippen molar-refractivity contribution in [2.24, 2.45) is 0 Å². The van der Waals surface area contributed by atoms with Crippen LogP contribution >= 0.6 is 11.6 Å². The third kappa shape index (κ3) is 2.23. The molecule has 0 aliphatic carbocycles. The average molecular weight is 243 g/mol. The van der Waals surface area contributed by atoms with Crippen LogP contribution in [0.3, 0.4) is 0 Å². The lowest BCUT2D eigenvalue weighted by atomic mass is 10.2. The molecule has 86 valence electrons. The standard InChI is InChI=1S/C9H11ClN4O2/c10-6-3-12-9(13-4-6)14-2-1-11-5-7(14)8(15)16/h3-4,7,11H,1-2,5H2,(H,15,16)/t7-/m0/s1. The zero-order valence-corrected chi connectivity index (χ0v) is 9.18. The molecule has 1 aromatic rings. The van der Waals surface area contributed by atoms with Crippen molar-refractivity contribution in [2.45, 2.75) is 6.04 Å². The van der Waals surface area contributed by atoms with E-state index < -0.39 is 12.0 Å². The first-order valence-corrected chi connectivity index (χ1v) is 5.24. The molecule has 1 aliphatic heterocycles. The van der Waals surface area contributed by atoms with Gasteiger partial charge >= 0.3 is 5.97 Å². The van der Waals surface area contributed by atoms with Crippen molar-refractivity contribution in [3.63, 3.8) is 0 Å². The average Bonchev–Trinajstić information content (AvgIpc) is 2.30. The van der Waals surface area contributed by atoms with Crippen LogP contribution in [0.15, 0.2) is 12.4 Å². The molecule has 0 saturated carbocycles. The Hall–Kier alpha value is -1.40. The monoisotopic (exact) mass is 242 g/mol. The number of hydrogen-bond donors (Lipinski definition) is 2. The van der Waals surface area contributed by atoms with Crippen LogP contribution in [-0.4, -0.2) is 46.7 Å². The van der Waals surface area contributed by atoms with Crippen molar-refractivity contribution < 1.29 is 9.90 Å². The first-order valence-electron chi connectivity index (χ1n) is 4.86. The number of halogens is 1. The molecular weight excluding hydrogens is 232 g/mol. The number of carbonyl (C=O) groups is 1. The van der Waals surface area contributed by atoms with Crippen LogP contribution in [0.2, 0.25) is 5.02 Å². The molecule has 0 amide bonds. The highest BCUT2D eigenvalue weighted by atomic mass is 35.5. The number of carboxylic acid groups (broad SMARTS) is 1. The Morgan fingerprint density at radius 3 is 2.88 bits per heavy atom. The summed E-state index contributed by atoms with van der Waals surface area (Å²) < 4.78 is 0. The molecule has 1 fully saturated rings. The molecule has 1 atom stereocenters. The molecule has 7 heteroatoms. The van der Waals surface area contributed by atoms with Gasteiger partial charge < -0.3 is 15.3 Å². The first kappa shape index (κ1) is 11.1. The van der Waals surface area contributed by atoms with Crippen LogP contribution in [0, 0.1) is 0 Å². The lowest BCUT2D eigenvalue weighted by Gasteiger charge is -2.33. The molecule has 0 unspecified atom stereocenters. The largest absolute Gasteiger partial charge is 0.480 e. The summed E-state index contributed by atoms with van der Waals surface area (Å²) in [6.45, 7) is 1.68. The fourth-order valence-electron chi connectivity index (χ4n) is 1.62. The van der Waals surface area contributed by atoms with E-state index in [4.69, 9.17) is 16.7 Å². The number of rotatable bonds is 2. The highest BCUT2D eigenvalue weighted by Gasteiger charge is 2.29. The van der Waals surface area contributed by atoms with Crippen molar-refractivity contribution in [1.29, 1.82) is 0 Å². The molecule has 16 heavy (non-hydrogen) atoms. The summed E-state index contributed by atoms with van der Waals surface area (Å²) >= 11 is 5.68. The molecule has 2 rings (SSSR count). The van der Waals surface area contributed by atoms with E-state index in [2.05, 4.69) is 15.3 Å². The van der Waals surface area contributed by atoms with Gasteiger partial charge in [-0.3, -0.25) is 0 Å². The Bertz CT molecular complexity index is 384. The van der Waals surface area contributed by atoms with E-state index in [0.717, 1.165) is 6.54 Å². The third-order valence-electron chi connectivity index (χ3n) is 2.39. The molecule has 0 bridgehead atoms. The maximum absolute atomic E-state index is 11.0. The van der Waals surface area contributed by atoms with Crippen LogP contribution in [0.1, 0.15) is 0 Å². The number of aliphatic carboxylic acids is 1. The molecule has 1 aliphatic rings. The number of nitrogens with zero attached hydrogens (tertiary/aromatic N) is 3. The van der Waals surface area contributed by atoms with Gasteiger partial charge in [0.25, 0.3) is 0 Å². The number of piperazine rings is 1. The highest BCUT2D eigenvalue weighted by molar-refractivity contribution is 6.30. The molecule has 0 spiro atoms. The molecule has 2 heterocycles. The van der Waals surface area contributed by atoms with Crippen LogP contribution < -0.4 is 10.2 Å². The lowest BCUT2D eigenvalue weighted by molar-refractivity contribution is -0.138. The zero-order valence-electron chi connectivity index (χ0n) is 8.43. The zero-order chi connectivity index (χ0) is 11.5. The number of carboxylic acids is 1. The van der Waals surface area contributed by atoms with E-state index in [1.807, 2.05) is 0 Å². The molecule has 1 aromatic heterocycles.